The Bertz CT molecular complexity index is 1920. The number of nitrogens with one attached hydrogen (secondary N) is 1. The molecule has 42 heavy (non-hydrogen) atoms. The summed E-state index contributed by atoms with van der Waals surface area (Å²) in [7, 11) is 0. The molecule has 0 radical (unpaired) electrons. The molecule has 1 aliphatic rings. The van der Waals surface area contributed by atoms with Crippen LogP contribution < -0.4 is 16.6 Å². The molecule has 5 aromatic rings. The number of carbonyl (C=O) groups excluding carboxylic acids is 1. The molecule has 1 saturated carbocycles. The van der Waals surface area contributed by atoms with Crippen molar-refractivity contribution in [2.24, 2.45) is 5.92 Å². The van der Waals surface area contributed by atoms with Crippen molar-refractivity contribution < 1.29 is 13.6 Å². The number of hydrogen-bond acceptors (Lipinski definition) is 6. The first-order valence-electron chi connectivity index (χ1n) is 13.4. The standard InChI is InChI=1S/C31H25F2N7O2/c32-20-7-10-22(11-8-20)39-13-1-2-24(31(39)42)30(41)38-21-9-12-23(26(33)14-21)25-15-27(19-5-3-18(16-34)4-6-19)40-28(25)29(35)36-17-37-40/h1-2,7-15,17-19H,3-6H2,(H,38,41)(H2,35,36,37). The lowest BCUT2D eigenvalue weighted by Crippen LogP contribution is -2.27. The number of fused-ring (bicyclic) bond motifs is 1. The molecule has 1 fully saturated rings. The van der Waals surface area contributed by atoms with Crippen LogP contribution in [0.5, 0.6) is 0 Å². The zero-order valence-corrected chi connectivity index (χ0v) is 22.3. The van der Waals surface area contributed by atoms with E-state index in [1.807, 2.05) is 6.07 Å². The number of halogens is 2. The van der Waals surface area contributed by atoms with Gasteiger partial charge >= 0.3 is 0 Å². The third-order valence-corrected chi connectivity index (χ3v) is 7.75. The van der Waals surface area contributed by atoms with Crippen LogP contribution >= 0.6 is 0 Å². The summed E-state index contributed by atoms with van der Waals surface area (Å²) < 4.78 is 31.9. The van der Waals surface area contributed by atoms with Crippen LogP contribution in [0.1, 0.15) is 47.7 Å². The molecule has 0 unspecified atom stereocenters. The second-order valence-electron chi connectivity index (χ2n) is 10.3. The van der Waals surface area contributed by atoms with Gasteiger partial charge in [-0.15, -0.1) is 0 Å². The Morgan fingerprint density at radius 3 is 2.50 bits per heavy atom. The Labute approximate surface area is 238 Å². The number of carbonyl (C=O) groups is 1. The highest BCUT2D eigenvalue weighted by Gasteiger charge is 2.27. The van der Waals surface area contributed by atoms with E-state index in [9.17, 15) is 19.2 Å². The summed E-state index contributed by atoms with van der Waals surface area (Å²) in [6.07, 6.45) is 6.01. The number of amides is 1. The molecule has 3 heterocycles. The Hall–Kier alpha value is -5.37. The van der Waals surface area contributed by atoms with Gasteiger partial charge in [0, 0.05) is 46.2 Å². The summed E-state index contributed by atoms with van der Waals surface area (Å²) in [5, 5.41) is 16.3. The molecule has 11 heteroatoms. The molecule has 1 amide bonds. The third-order valence-electron chi connectivity index (χ3n) is 7.75. The predicted octanol–water partition coefficient (Wildman–Crippen LogP) is 5.46. The fourth-order valence-corrected chi connectivity index (χ4v) is 5.59. The number of aromatic nitrogens is 4. The highest BCUT2D eigenvalue weighted by Crippen LogP contribution is 2.40. The van der Waals surface area contributed by atoms with E-state index in [0.29, 0.717) is 16.8 Å². The fourth-order valence-electron chi connectivity index (χ4n) is 5.59. The highest BCUT2D eigenvalue weighted by molar-refractivity contribution is 6.04. The topological polar surface area (TPSA) is 131 Å². The normalized spacial score (nSPS) is 16.7. The van der Waals surface area contributed by atoms with Crippen LogP contribution in [0.4, 0.5) is 20.3 Å². The van der Waals surface area contributed by atoms with Crippen molar-refractivity contribution in [3.05, 3.63) is 106 Å². The number of rotatable bonds is 5. The van der Waals surface area contributed by atoms with Crippen LogP contribution in [-0.2, 0) is 0 Å². The van der Waals surface area contributed by atoms with E-state index in [4.69, 9.17) is 5.73 Å². The van der Waals surface area contributed by atoms with Gasteiger partial charge in [0.05, 0.1) is 6.07 Å². The summed E-state index contributed by atoms with van der Waals surface area (Å²) in [6, 6.07) is 16.6. The maximum atomic E-state index is 15.6. The van der Waals surface area contributed by atoms with Crippen molar-refractivity contribution in [2.75, 3.05) is 11.1 Å². The smallest absolute Gasteiger partial charge is 0.267 e. The molecule has 3 aromatic heterocycles. The van der Waals surface area contributed by atoms with Gasteiger partial charge in [-0.25, -0.2) is 18.3 Å². The molecule has 0 atom stereocenters. The highest BCUT2D eigenvalue weighted by atomic mass is 19.1. The lowest BCUT2D eigenvalue weighted by molar-refractivity contribution is 0.102. The van der Waals surface area contributed by atoms with Crippen LogP contribution in [0.15, 0.2) is 78.0 Å². The van der Waals surface area contributed by atoms with Gasteiger partial charge in [-0.3, -0.25) is 14.2 Å². The van der Waals surface area contributed by atoms with E-state index < -0.39 is 23.1 Å². The first-order chi connectivity index (χ1) is 20.3. The third kappa shape index (κ3) is 4.88. The van der Waals surface area contributed by atoms with Gasteiger partial charge in [-0.2, -0.15) is 10.4 Å². The van der Waals surface area contributed by atoms with Crippen LogP contribution in [0.25, 0.3) is 22.3 Å². The number of pyridine rings is 1. The van der Waals surface area contributed by atoms with Gasteiger partial charge in [0.15, 0.2) is 5.82 Å². The average molecular weight is 566 g/mol. The molecule has 0 spiro atoms. The summed E-state index contributed by atoms with van der Waals surface area (Å²) in [4.78, 5) is 30.1. The Kier molecular flexibility index (Phi) is 6.96. The summed E-state index contributed by atoms with van der Waals surface area (Å²) in [5.41, 5.74) is 8.14. The SMILES string of the molecule is N#CC1CCC(c2cc(-c3ccc(NC(=O)c4cccn(-c5ccc(F)cc5)c4=O)cc3F)c3c(N)ncnn23)CC1. The van der Waals surface area contributed by atoms with Crippen molar-refractivity contribution in [1.82, 2.24) is 19.2 Å². The molecule has 1 aliphatic carbocycles. The number of nitrogen functional groups attached to an aromatic ring is 1. The molecular weight excluding hydrogens is 540 g/mol. The van der Waals surface area contributed by atoms with Crippen LogP contribution in [0, 0.1) is 28.9 Å². The number of nitriles is 1. The Morgan fingerprint density at radius 1 is 1.02 bits per heavy atom. The second kappa shape index (κ2) is 10.9. The average Bonchev–Trinajstić information content (AvgIpc) is 3.38. The van der Waals surface area contributed by atoms with Gasteiger partial charge in [0.1, 0.15) is 29.0 Å². The van der Waals surface area contributed by atoms with E-state index in [-0.39, 0.29) is 34.5 Å². The summed E-state index contributed by atoms with van der Waals surface area (Å²) in [5.74, 6) is -1.40. The minimum Gasteiger partial charge on any atom is -0.382 e. The van der Waals surface area contributed by atoms with E-state index in [2.05, 4.69) is 21.5 Å². The number of nitrogens with zero attached hydrogens (tertiary/aromatic N) is 5. The Morgan fingerprint density at radius 2 is 1.79 bits per heavy atom. The lowest BCUT2D eigenvalue weighted by Gasteiger charge is -2.24. The van der Waals surface area contributed by atoms with Gasteiger partial charge in [0.25, 0.3) is 11.5 Å². The second-order valence-corrected chi connectivity index (χ2v) is 10.3. The van der Waals surface area contributed by atoms with E-state index in [1.54, 1.807) is 10.6 Å². The molecule has 0 aliphatic heterocycles. The van der Waals surface area contributed by atoms with Gasteiger partial charge in [-0.05, 0) is 86.3 Å². The van der Waals surface area contributed by atoms with Crippen molar-refractivity contribution >= 4 is 22.9 Å². The fraction of sp³-hybridized carbons (Fsp3) is 0.194. The number of hydrogen-bond donors (Lipinski definition) is 2. The number of anilines is 2. The molecule has 210 valence electrons. The molecule has 6 rings (SSSR count). The number of benzene rings is 2. The van der Waals surface area contributed by atoms with Crippen LogP contribution in [0.2, 0.25) is 0 Å². The minimum atomic E-state index is -0.717. The number of nitrogens with two attached hydrogens (primary N) is 1. The maximum Gasteiger partial charge on any atom is 0.267 e. The summed E-state index contributed by atoms with van der Waals surface area (Å²) in [6.45, 7) is 0. The first-order valence-corrected chi connectivity index (χ1v) is 13.4. The zero-order valence-electron chi connectivity index (χ0n) is 22.3. The largest absolute Gasteiger partial charge is 0.382 e. The van der Waals surface area contributed by atoms with Crippen LogP contribution in [-0.4, -0.2) is 25.1 Å². The van der Waals surface area contributed by atoms with Gasteiger partial charge < -0.3 is 11.1 Å². The maximum absolute atomic E-state index is 15.6. The molecule has 0 bridgehead atoms. The van der Waals surface area contributed by atoms with E-state index in [0.717, 1.165) is 31.4 Å². The monoisotopic (exact) mass is 565 g/mol. The molecular formula is C31H25F2N7O2. The van der Waals surface area contributed by atoms with Crippen LogP contribution in [0.3, 0.4) is 0 Å². The van der Waals surface area contributed by atoms with E-state index in [1.165, 1.54) is 65.6 Å². The first kappa shape index (κ1) is 26.8. The van der Waals surface area contributed by atoms with Crippen molar-refractivity contribution in [3.8, 4) is 22.9 Å². The van der Waals surface area contributed by atoms with Crippen molar-refractivity contribution in [3.63, 3.8) is 0 Å². The quantitative estimate of drug-likeness (QED) is 0.291. The van der Waals surface area contributed by atoms with Gasteiger partial charge in [0.2, 0.25) is 0 Å². The predicted molar refractivity (Wildman–Crippen MR) is 153 cm³/mol. The molecule has 0 saturated heterocycles. The minimum absolute atomic E-state index is 0.0357. The summed E-state index contributed by atoms with van der Waals surface area (Å²) >= 11 is 0. The molecule has 9 nitrogen and oxygen atoms in total. The molecule has 2 aromatic carbocycles. The van der Waals surface area contributed by atoms with E-state index >= 15 is 4.39 Å². The Balaban J connectivity index is 1.30. The lowest BCUT2D eigenvalue weighted by atomic mass is 9.81. The zero-order chi connectivity index (χ0) is 29.4. The molecule has 3 N–H and O–H groups in total. The van der Waals surface area contributed by atoms with Crippen molar-refractivity contribution in [1.29, 1.82) is 5.26 Å². The van der Waals surface area contributed by atoms with Crippen molar-refractivity contribution in [2.45, 2.75) is 31.6 Å². The van der Waals surface area contributed by atoms with Gasteiger partial charge in [-0.1, -0.05) is 0 Å².